The van der Waals surface area contributed by atoms with Gasteiger partial charge in [-0.05, 0) is 24.1 Å². The molecule has 0 spiro atoms. The Morgan fingerprint density at radius 1 is 1.19 bits per heavy atom. The van der Waals surface area contributed by atoms with Gasteiger partial charge in [-0.1, -0.05) is 37.6 Å². The van der Waals surface area contributed by atoms with Crippen LogP contribution in [0.25, 0.3) is 11.3 Å². The summed E-state index contributed by atoms with van der Waals surface area (Å²) >= 11 is 5.86. The lowest BCUT2D eigenvalue weighted by molar-refractivity contribution is 0.670. The highest BCUT2D eigenvalue weighted by molar-refractivity contribution is 6.30. The third kappa shape index (κ3) is 2.12. The summed E-state index contributed by atoms with van der Waals surface area (Å²) in [5.41, 5.74) is 3.35. The number of hydrogen-bond acceptors (Lipinski definition) is 1. The number of rotatable bonds is 2. The Balaban J connectivity index is 2.41. The zero-order valence-electron chi connectivity index (χ0n) is 9.74. The van der Waals surface area contributed by atoms with Crippen molar-refractivity contribution in [1.82, 2.24) is 9.78 Å². The van der Waals surface area contributed by atoms with E-state index in [4.69, 9.17) is 11.6 Å². The van der Waals surface area contributed by atoms with Crippen molar-refractivity contribution in [1.29, 1.82) is 0 Å². The molecule has 0 saturated heterocycles. The highest BCUT2D eigenvalue weighted by Gasteiger charge is 2.09. The van der Waals surface area contributed by atoms with Crippen molar-refractivity contribution < 1.29 is 0 Å². The van der Waals surface area contributed by atoms with Crippen LogP contribution in [0.3, 0.4) is 0 Å². The van der Waals surface area contributed by atoms with Crippen LogP contribution in [0.4, 0.5) is 0 Å². The number of halogens is 1. The molecule has 1 heterocycles. The SMILES string of the molecule is CC(C)c1cc(-c2ccc(Cl)cc2)nn1C. The zero-order chi connectivity index (χ0) is 11.7. The fourth-order valence-corrected chi connectivity index (χ4v) is 1.91. The number of hydrogen-bond donors (Lipinski definition) is 0. The molecule has 0 aliphatic heterocycles. The topological polar surface area (TPSA) is 17.8 Å². The molecule has 0 saturated carbocycles. The van der Waals surface area contributed by atoms with Gasteiger partial charge >= 0.3 is 0 Å². The van der Waals surface area contributed by atoms with Crippen LogP contribution in [0.1, 0.15) is 25.5 Å². The Kier molecular flexibility index (Phi) is 3.01. The van der Waals surface area contributed by atoms with Crippen LogP contribution >= 0.6 is 11.6 Å². The van der Waals surface area contributed by atoms with Crippen molar-refractivity contribution in [2.75, 3.05) is 0 Å². The molecule has 0 N–H and O–H groups in total. The summed E-state index contributed by atoms with van der Waals surface area (Å²) in [4.78, 5) is 0. The summed E-state index contributed by atoms with van der Waals surface area (Å²) in [7, 11) is 1.98. The third-order valence-corrected chi connectivity index (χ3v) is 2.90. The Labute approximate surface area is 101 Å². The first-order chi connectivity index (χ1) is 7.58. The van der Waals surface area contributed by atoms with Crippen molar-refractivity contribution >= 4 is 11.6 Å². The van der Waals surface area contributed by atoms with E-state index in [9.17, 15) is 0 Å². The summed E-state index contributed by atoms with van der Waals surface area (Å²) in [5.74, 6) is 0.485. The van der Waals surface area contributed by atoms with E-state index < -0.39 is 0 Å². The molecule has 0 fully saturated rings. The van der Waals surface area contributed by atoms with E-state index in [-0.39, 0.29) is 0 Å². The van der Waals surface area contributed by atoms with Gasteiger partial charge in [-0.15, -0.1) is 0 Å². The zero-order valence-corrected chi connectivity index (χ0v) is 10.5. The Hall–Kier alpha value is -1.28. The second-order valence-corrected chi connectivity index (χ2v) is 4.68. The van der Waals surface area contributed by atoms with Crippen LogP contribution in [-0.4, -0.2) is 9.78 Å². The van der Waals surface area contributed by atoms with E-state index in [1.165, 1.54) is 5.69 Å². The van der Waals surface area contributed by atoms with Crippen LogP contribution < -0.4 is 0 Å². The van der Waals surface area contributed by atoms with Gasteiger partial charge < -0.3 is 0 Å². The Morgan fingerprint density at radius 3 is 2.31 bits per heavy atom. The number of aromatic nitrogens is 2. The standard InChI is InChI=1S/C13H15ClN2/c1-9(2)13-8-12(15-16(13)3)10-4-6-11(14)7-5-10/h4-9H,1-3H3. The fourth-order valence-electron chi connectivity index (χ4n) is 1.78. The predicted molar refractivity (Wildman–Crippen MR) is 67.7 cm³/mol. The largest absolute Gasteiger partial charge is 0.272 e. The molecule has 1 aromatic heterocycles. The highest BCUT2D eigenvalue weighted by Crippen LogP contribution is 2.23. The molecule has 3 heteroatoms. The van der Waals surface area contributed by atoms with Gasteiger partial charge in [-0.2, -0.15) is 5.10 Å². The second-order valence-electron chi connectivity index (χ2n) is 4.24. The average Bonchev–Trinajstić information content (AvgIpc) is 2.61. The van der Waals surface area contributed by atoms with Crippen LogP contribution in [0.5, 0.6) is 0 Å². The minimum absolute atomic E-state index is 0.485. The van der Waals surface area contributed by atoms with Gasteiger partial charge in [-0.25, -0.2) is 0 Å². The minimum atomic E-state index is 0.485. The first-order valence-corrected chi connectivity index (χ1v) is 5.75. The van der Waals surface area contributed by atoms with Crippen molar-refractivity contribution in [2.45, 2.75) is 19.8 Å². The second kappa shape index (κ2) is 4.30. The molecule has 16 heavy (non-hydrogen) atoms. The Morgan fingerprint density at radius 2 is 1.81 bits per heavy atom. The number of aryl methyl sites for hydroxylation is 1. The lowest BCUT2D eigenvalue weighted by Crippen LogP contribution is -1.99. The van der Waals surface area contributed by atoms with Gasteiger partial charge in [0.15, 0.2) is 0 Å². The molecule has 0 aliphatic rings. The van der Waals surface area contributed by atoms with E-state index in [0.29, 0.717) is 5.92 Å². The van der Waals surface area contributed by atoms with Gasteiger partial charge in [-0.3, -0.25) is 4.68 Å². The number of benzene rings is 1. The van der Waals surface area contributed by atoms with Gasteiger partial charge in [0.25, 0.3) is 0 Å². The maximum absolute atomic E-state index is 5.86. The molecular formula is C13H15ClN2. The number of nitrogens with zero attached hydrogens (tertiary/aromatic N) is 2. The molecule has 84 valence electrons. The highest BCUT2D eigenvalue weighted by atomic mass is 35.5. The summed E-state index contributed by atoms with van der Waals surface area (Å²) in [6.45, 7) is 4.34. The van der Waals surface area contributed by atoms with Crippen molar-refractivity contribution in [2.24, 2.45) is 7.05 Å². The molecule has 2 nitrogen and oxygen atoms in total. The van der Waals surface area contributed by atoms with Gasteiger partial charge in [0, 0.05) is 23.3 Å². The van der Waals surface area contributed by atoms with E-state index in [1.54, 1.807) is 0 Å². The average molecular weight is 235 g/mol. The van der Waals surface area contributed by atoms with E-state index in [2.05, 4.69) is 25.0 Å². The Bertz CT molecular complexity index is 483. The van der Waals surface area contributed by atoms with Crippen LogP contribution in [0.2, 0.25) is 5.02 Å². The van der Waals surface area contributed by atoms with E-state index in [0.717, 1.165) is 16.3 Å². The van der Waals surface area contributed by atoms with E-state index in [1.807, 2.05) is 36.0 Å². The summed E-state index contributed by atoms with van der Waals surface area (Å²) in [6, 6.07) is 9.90. The lowest BCUT2D eigenvalue weighted by atomic mass is 10.1. The lowest BCUT2D eigenvalue weighted by Gasteiger charge is -2.02. The predicted octanol–water partition coefficient (Wildman–Crippen LogP) is 3.86. The van der Waals surface area contributed by atoms with Crippen LogP contribution in [0.15, 0.2) is 30.3 Å². The van der Waals surface area contributed by atoms with Crippen molar-refractivity contribution in [3.63, 3.8) is 0 Å². The van der Waals surface area contributed by atoms with Gasteiger partial charge in [0.2, 0.25) is 0 Å². The maximum atomic E-state index is 5.86. The smallest absolute Gasteiger partial charge is 0.0926 e. The molecule has 0 aliphatic carbocycles. The fraction of sp³-hybridized carbons (Fsp3) is 0.308. The molecule has 1 aromatic carbocycles. The molecule has 0 unspecified atom stereocenters. The van der Waals surface area contributed by atoms with Crippen LogP contribution in [0, 0.1) is 0 Å². The van der Waals surface area contributed by atoms with Crippen molar-refractivity contribution in [3.05, 3.63) is 41.0 Å². The maximum Gasteiger partial charge on any atom is 0.0926 e. The molecular weight excluding hydrogens is 220 g/mol. The summed E-state index contributed by atoms with van der Waals surface area (Å²) in [5, 5.41) is 5.26. The molecule has 2 aromatic rings. The third-order valence-electron chi connectivity index (χ3n) is 2.65. The molecule has 0 bridgehead atoms. The molecule has 0 radical (unpaired) electrons. The van der Waals surface area contributed by atoms with Crippen molar-refractivity contribution in [3.8, 4) is 11.3 Å². The molecule has 0 atom stereocenters. The van der Waals surface area contributed by atoms with E-state index >= 15 is 0 Å². The quantitative estimate of drug-likeness (QED) is 0.772. The van der Waals surface area contributed by atoms with Crippen LogP contribution in [-0.2, 0) is 7.05 Å². The summed E-state index contributed by atoms with van der Waals surface area (Å²) < 4.78 is 1.94. The molecule has 0 amide bonds. The first-order valence-electron chi connectivity index (χ1n) is 5.38. The minimum Gasteiger partial charge on any atom is -0.272 e. The van der Waals surface area contributed by atoms with Gasteiger partial charge in [0.05, 0.1) is 5.69 Å². The summed E-state index contributed by atoms with van der Waals surface area (Å²) in [6.07, 6.45) is 0. The monoisotopic (exact) mass is 234 g/mol. The normalized spacial score (nSPS) is 11.1. The van der Waals surface area contributed by atoms with Gasteiger partial charge in [0.1, 0.15) is 0 Å². The molecule has 2 rings (SSSR count). The first kappa shape index (κ1) is 11.2.